The number of benzene rings is 2. The van der Waals surface area contributed by atoms with E-state index in [1.807, 2.05) is 0 Å². The van der Waals surface area contributed by atoms with Crippen molar-refractivity contribution in [2.24, 2.45) is 5.90 Å². The van der Waals surface area contributed by atoms with Crippen molar-refractivity contribution in [1.82, 2.24) is 0 Å². The highest BCUT2D eigenvalue weighted by Crippen LogP contribution is 2.07. The summed E-state index contributed by atoms with van der Waals surface area (Å²) in [4.78, 5) is 0. The van der Waals surface area contributed by atoms with Gasteiger partial charge in [-0.05, 0) is 17.5 Å². The van der Waals surface area contributed by atoms with E-state index in [-0.39, 0.29) is 0 Å². The fourth-order valence-electron chi connectivity index (χ4n) is 1.43. The highest BCUT2D eigenvalue weighted by atomic mass is 16.4. The van der Waals surface area contributed by atoms with Crippen LogP contribution in [0.25, 0.3) is 0 Å². The Bertz CT molecular complexity index is 321. The summed E-state index contributed by atoms with van der Waals surface area (Å²) in [5, 5.41) is 6.50. The van der Waals surface area contributed by atoms with E-state index in [2.05, 4.69) is 66.6 Å². The summed E-state index contributed by atoms with van der Waals surface area (Å²) in [7, 11) is 0. The Balaban J connectivity index is 0.000000531. The predicted molar refractivity (Wildman–Crippen MR) is 61.7 cm³/mol. The molecule has 3 N–H and O–H groups in total. The van der Waals surface area contributed by atoms with Crippen LogP contribution in [0, 0.1) is 0 Å². The van der Waals surface area contributed by atoms with Crippen molar-refractivity contribution in [2.45, 2.75) is 6.42 Å². The third kappa shape index (κ3) is 3.94. The lowest BCUT2D eigenvalue weighted by molar-refractivity contribution is 0.311. The van der Waals surface area contributed by atoms with Gasteiger partial charge >= 0.3 is 0 Å². The Morgan fingerprint density at radius 3 is 1.33 bits per heavy atom. The number of nitrogens with two attached hydrogens (primary N) is 1. The van der Waals surface area contributed by atoms with E-state index in [0.29, 0.717) is 0 Å². The molecule has 2 aromatic rings. The molecule has 0 aliphatic carbocycles. The maximum Gasteiger partial charge on any atom is -0.00258 e. The van der Waals surface area contributed by atoms with Crippen LogP contribution in [-0.4, -0.2) is 5.21 Å². The van der Waals surface area contributed by atoms with Crippen LogP contribution in [0.15, 0.2) is 60.7 Å². The highest BCUT2D eigenvalue weighted by molar-refractivity contribution is 5.25. The van der Waals surface area contributed by atoms with Gasteiger partial charge in [-0.1, -0.05) is 60.7 Å². The maximum absolute atomic E-state index is 6.50. The van der Waals surface area contributed by atoms with E-state index in [0.717, 1.165) is 6.42 Å². The van der Waals surface area contributed by atoms with E-state index in [1.165, 1.54) is 11.1 Å². The van der Waals surface area contributed by atoms with Gasteiger partial charge in [-0.2, -0.15) is 0 Å². The summed E-state index contributed by atoms with van der Waals surface area (Å²) in [5.41, 5.74) is 2.74. The molecule has 0 radical (unpaired) electrons. The molecule has 0 heterocycles. The van der Waals surface area contributed by atoms with Crippen LogP contribution < -0.4 is 5.90 Å². The third-order valence-electron chi connectivity index (χ3n) is 2.09. The minimum Gasteiger partial charge on any atom is -0.320 e. The lowest BCUT2D eigenvalue weighted by atomic mass is 10.1. The van der Waals surface area contributed by atoms with Gasteiger partial charge in [0.1, 0.15) is 0 Å². The number of rotatable bonds is 2. The zero-order chi connectivity index (χ0) is 10.9. The van der Waals surface area contributed by atoms with E-state index >= 15 is 0 Å². The molecule has 78 valence electrons. The fraction of sp³-hybridized carbons (Fsp3) is 0.0769. The minimum absolute atomic E-state index is 1.03. The van der Waals surface area contributed by atoms with E-state index < -0.39 is 0 Å². The molecule has 2 nitrogen and oxygen atoms in total. The van der Waals surface area contributed by atoms with Crippen LogP contribution in [0.5, 0.6) is 0 Å². The summed E-state index contributed by atoms with van der Waals surface area (Å²) < 4.78 is 0. The third-order valence-corrected chi connectivity index (χ3v) is 2.09. The topological polar surface area (TPSA) is 46.2 Å². The molecule has 2 rings (SSSR count). The average molecular weight is 201 g/mol. The van der Waals surface area contributed by atoms with Gasteiger partial charge in [-0.15, -0.1) is 0 Å². The average Bonchev–Trinajstić information content (AvgIpc) is 2.34. The Morgan fingerprint density at radius 2 is 1.00 bits per heavy atom. The van der Waals surface area contributed by atoms with Crippen LogP contribution in [0.1, 0.15) is 11.1 Å². The molecule has 0 spiro atoms. The van der Waals surface area contributed by atoms with Gasteiger partial charge in [0, 0.05) is 0 Å². The zero-order valence-electron chi connectivity index (χ0n) is 8.51. The summed E-state index contributed by atoms with van der Waals surface area (Å²) >= 11 is 0. The Hall–Kier alpha value is -1.64. The standard InChI is InChI=1S/C13H12.H3NO/c1-3-7-12(8-4-1)11-13-9-5-2-6-10-13;1-2/h1-10H,11H2;2H,1H2. The van der Waals surface area contributed by atoms with Crippen LogP contribution >= 0.6 is 0 Å². The largest absolute Gasteiger partial charge is 0.320 e. The summed E-state index contributed by atoms with van der Waals surface area (Å²) in [5.74, 6) is 3.50. The quantitative estimate of drug-likeness (QED) is 0.734. The van der Waals surface area contributed by atoms with Gasteiger partial charge in [-0.25, -0.2) is 5.90 Å². The molecule has 15 heavy (non-hydrogen) atoms. The first-order valence-corrected chi connectivity index (χ1v) is 4.79. The molecule has 0 fully saturated rings. The Morgan fingerprint density at radius 1 is 0.667 bits per heavy atom. The first-order valence-electron chi connectivity index (χ1n) is 4.79. The monoisotopic (exact) mass is 201 g/mol. The molecule has 0 saturated heterocycles. The van der Waals surface area contributed by atoms with E-state index in [1.54, 1.807) is 0 Å². The van der Waals surface area contributed by atoms with Crippen LogP contribution in [0.4, 0.5) is 0 Å². The lowest BCUT2D eigenvalue weighted by Gasteiger charge is -2.00. The van der Waals surface area contributed by atoms with Crippen molar-refractivity contribution in [1.29, 1.82) is 0 Å². The molecule has 0 amide bonds. The Labute approximate surface area is 89.9 Å². The first kappa shape index (κ1) is 11.4. The van der Waals surface area contributed by atoms with Crippen molar-refractivity contribution < 1.29 is 5.21 Å². The molecule has 0 bridgehead atoms. The van der Waals surface area contributed by atoms with Crippen molar-refractivity contribution in [2.75, 3.05) is 0 Å². The van der Waals surface area contributed by atoms with Crippen molar-refractivity contribution in [3.05, 3.63) is 71.8 Å². The molecule has 0 saturated carbocycles. The van der Waals surface area contributed by atoms with Crippen LogP contribution in [-0.2, 0) is 6.42 Å². The van der Waals surface area contributed by atoms with Crippen LogP contribution in [0.3, 0.4) is 0 Å². The Kier molecular flexibility index (Phi) is 5.15. The summed E-state index contributed by atoms with van der Waals surface area (Å²) in [6.07, 6.45) is 1.03. The predicted octanol–water partition coefficient (Wildman–Crippen LogP) is 2.61. The summed E-state index contributed by atoms with van der Waals surface area (Å²) in [6, 6.07) is 21.1. The van der Waals surface area contributed by atoms with Gasteiger partial charge < -0.3 is 5.21 Å². The molecule has 2 aromatic carbocycles. The van der Waals surface area contributed by atoms with Gasteiger partial charge in [-0.3, -0.25) is 0 Å². The maximum atomic E-state index is 6.50. The molecule has 0 atom stereocenters. The SMILES string of the molecule is NO.c1ccc(Cc2ccccc2)cc1. The van der Waals surface area contributed by atoms with Gasteiger partial charge in [0.25, 0.3) is 0 Å². The smallest absolute Gasteiger partial charge is 0.00258 e. The van der Waals surface area contributed by atoms with Gasteiger partial charge in [0.05, 0.1) is 0 Å². The number of hydrogen-bond donors (Lipinski definition) is 2. The molecule has 2 heteroatoms. The summed E-state index contributed by atoms with van der Waals surface area (Å²) in [6.45, 7) is 0. The minimum atomic E-state index is 1.03. The molecular formula is C13H15NO. The second-order valence-electron chi connectivity index (χ2n) is 3.15. The lowest BCUT2D eigenvalue weighted by Crippen LogP contribution is -1.85. The van der Waals surface area contributed by atoms with Crippen molar-refractivity contribution >= 4 is 0 Å². The highest BCUT2D eigenvalue weighted by Gasteiger charge is 1.92. The van der Waals surface area contributed by atoms with E-state index in [4.69, 9.17) is 5.21 Å². The molecule has 0 aliphatic heterocycles. The van der Waals surface area contributed by atoms with Crippen molar-refractivity contribution in [3.8, 4) is 0 Å². The molecule has 0 aliphatic rings. The van der Waals surface area contributed by atoms with Crippen molar-refractivity contribution in [3.63, 3.8) is 0 Å². The van der Waals surface area contributed by atoms with Gasteiger partial charge in [0.2, 0.25) is 0 Å². The number of hydrogen-bond acceptors (Lipinski definition) is 2. The first-order chi connectivity index (χ1) is 7.45. The van der Waals surface area contributed by atoms with Crippen LogP contribution in [0.2, 0.25) is 0 Å². The zero-order valence-corrected chi connectivity index (χ0v) is 8.51. The van der Waals surface area contributed by atoms with Gasteiger partial charge in [0.15, 0.2) is 0 Å². The molecule has 0 aromatic heterocycles. The van der Waals surface area contributed by atoms with E-state index in [9.17, 15) is 0 Å². The molecular weight excluding hydrogens is 186 g/mol. The second-order valence-corrected chi connectivity index (χ2v) is 3.15. The normalized spacial score (nSPS) is 8.93. The fourth-order valence-corrected chi connectivity index (χ4v) is 1.43. The second kappa shape index (κ2) is 6.76. The molecule has 0 unspecified atom stereocenters.